The molecule has 0 saturated carbocycles. The van der Waals surface area contributed by atoms with Gasteiger partial charge in [-0.25, -0.2) is 14.8 Å². The van der Waals surface area contributed by atoms with Crippen molar-refractivity contribution in [3.8, 4) is 17.0 Å². The maximum atomic E-state index is 11.2. The topological polar surface area (TPSA) is 76.7 Å². The highest BCUT2D eigenvalue weighted by atomic mass is 16.5. The summed E-state index contributed by atoms with van der Waals surface area (Å²) in [5, 5.41) is 9.19. The van der Waals surface area contributed by atoms with Crippen molar-refractivity contribution in [1.29, 1.82) is 0 Å². The maximum Gasteiger partial charge on any atom is 0.372 e. The number of benzene rings is 1. The Bertz CT molecular complexity index is 778. The Kier molecular flexibility index (Phi) is 2.83. The zero-order chi connectivity index (χ0) is 14.1. The number of carboxylic acid groups (broad SMARTS) is 1. The van der Waals surface area contributed by atoms with Crippen LogP contribution in [0.3, 0.4) is 0 Å². The van der Waals surface area contributed by atoms with Crippen LogP contribution >= 0.6 is 0 Å². The molecule has 6 nitrogen and oxygen atoms in total. The molecule has 3 aromatic rings. The highest BCUT2D eigenvalue weighted by molar-refractivity contribution is 5.88. The molecule has 0 aliphatic carbocycles. The summed E-state index contributed by atoms with van der Waals surface area (Å²) in [6.07, 6.45) is 3.24. The van der Waals surface area contributed by atoms with Gasteiger partial charge in [0.25, 0.3) is 0 Å². The van der Waals surface area contributed by atoms with E-state index in [4.69, 9.17) is 4.74 Å². The molecule has 0 saturated heterocycles. The molecule has 6 heteroatoms. The number of rotatable bonds is 3. The van der Waals surface area contributed by atoms with Crippen molar-refractivity contribution in [3.05, 3.63) is 48.5 Å². The molecular formula is C14H11N3O3. The van der Waals surface area contributed by atoms with Gasteiger partial charge in [-0.3, -0.25) is 4.40 Å². The molecule has 0 amide bonds. The van der Waals surface area contributed by atoms with Gasteiger partial charge in [0.1, 0.15) is 11.4 Å². The first kappa shape index (κ1) is 12.2. The lowest BCUT2D eigenvalue weighted by Gasteiger charge is -2.01. The lowest BCUT2D eigenvalue weighted by Crippen LogP contribution is -2.03. The lowest BCUT2D eigenvalue weighted by molar-refractivity contribution is 0.0683. The minimum atomic E-state index is -1.09. The predicted molar refractivity (Wildman–Crippen MR) is 71.9 cm³/mol. The molecule has 20 heavy (non-hydrogen) atoms. The Morgan fingerprint density at radius 2 is 2.05 bits per heavy atom. The van der Waals surface area contributed by atoms with Gasteiger partial charge in [0.2, 0.25) is 5.82 Å². The summed E-state index contributed by atoms with van der Waals surface area (Å²) in [7, 11) is 1.59. The fourth-order valence-electron chi connectivity index (χ4n) is 2.02. The first-order valence-electron chi connectivity index (χ1n) is 5.91. The van der Waals surface area contributed by atoms with Crippen LogP contribution in [0.25, 0.3) is 16.9 Å². The quantitative estimate of drug-likeness (QED) is 0.788. The van der Waals surface area contributed by atoms with Crippen molar-refractivity contribution in [3.63, 3.8) is 0 Å². The molecule has 0 aliphatic rings. The third kappa shape index (κ3) is 1.87. The average molecular weight is 269 g/mol. The third-order valence-corrected chi connectivity index (χ3v) is 2.96. The molecule has 1 N–H and O–H groups in total. The molecule has 0 spiro atoms. The number of nitrogens with zero attached hydrogens (tertiary/aromatic N) is 3. The van der Waals surface area contributed by atoms with Crippen molar-refractivity contribution >= 4 is 11.6 Å². The number of aromatic nitrogens is 3. The predicted octanol–water partition coefficient (Wildman–Crippen LogP) is 2.10. The van der Waals surface area contributed by atoms with E-state index < -0.39 is 5.97 Å². The molecule has 0 bridgehead atoms. The third-order valence-electron chi connectivity index (χ3n) is 2.96. The summed E-state index contributed by atoms with van der Waals surface area (Å²) in [5.41, 5.74) is 1.83. The smallest absolute Gasteiger partial charge is 0.372 e. The highest BCUT2D eigenvalue weighted by Gasteiger charge is 2.18. The van der Waals surface area contributed by atoms with E-state index in [1.807, 2.05) is 12.1 Å². The van der Waals surface area contributed by atoms with Gasteiger partial charge >= 0.3 is 5.97 Å². The minimum Gasteiger partial charge on any atom is -0.497 e. The van der Waals surface area contributed by atoms with E-state index in [0.29, 0.717) is 11.3 Å². The number of hydrogen-bond donors (Lipinski definition) is 1. The summed E-state index contributed by atoms with van der Waals surface area (Å²) < 4.78 is 6.56. The van der Waals surface area contributed by atoms with E-state index >= 15 is 0 Å². The number of fused-ring (bicyclic) bond motifs is 1. The largest absolute Gasteiger partial charge is 0.497 e. The zero-order valence-electron chi connectivity index (χ0n) is 10.6. The first-order chi connectivity index (χ1) is 9.70. The fraction of sp³-hybridized carbons (Fsp3) is 0.0714. The molecule has 0 unspecified atom stereocenters. The second-order valence-electron chi connectivity index (χ2n) is 4.13. The zero-order valence-corrected chi connectivity index (χ0v) is 10.6. The lowest BCUT2D eigenvalue weighted by atomic mass is 10.1. The van der Waals surface area contributed by atoms with Crippen LogP contribution in [0.2, 0.25) is 0 Å². The van der Waals surface area contributed by atoms with E-state index in [1.165, 1.54) is 4.40 Å². The van der Waals surface area contributed by atoms with Crippen LogP contribution in [0.1, 0.15) is 10.6 Å². The summed E-state index contributed by atoms with van der Waals surface area (Å²) >= 11 is 0. The molecular weight excluding hydrogens is 258 g/mol. The molecule has 0 fully saturated rings. The second-order valence-corrected chi connectivity index (χ2v) is 4.13. The normalized spacial score (nSPS) is 10.7. The van der Waals surface area contributed by atoms with Crippen molar-refractivity contribution in [1.82, 2.24) is 14.4 Å². The standard InChI is InChI=1S/C14H11N3O3/c1-20-10-5-3-9(4-6-10)11-12-15-7-2-8-17(12)13(16-11)14(18)19/h2-8H,1H3,(H,18,19). The average Bonchev–Trinajstić information content (AvgIpc) is 2.87. The molecule has 2 aromatic heterocycles. The molecule has 0 aliphatic heterocycles. The number of imidazole rings is 1. The van der Waals surface area contributed by atoms with Crippen molar-refractivity contribution < 1.29 is 14.6 Å². The van der Waals surface area contributed by atoms with Crippen molar-refractivity contribution in [2.24, 2.45) is 0 Å². The SMILES string of the molecule is COc1ccc(-c2nc(C(=O)O)n3cccnc23)cc1. The molecule has 2 heterocycles. The van der Waals surface area contributed by atoms with E-state index in [1.54, 1.807) is 37.7 Å². The summed E-state index contributed by atoms with van der Waals surface area (Å²) in [5.74, 6) is -0.421. The number of aromatic carboxylic acids is 1. The maximum absolute atomic E-state index is 11.2. The van der Waals surface area contributed by atoms with Gasteiger partial charge in [-0.05, 0) is 30.3 Å². The van der Waals surface area contributed by atoms with Crippen LogP contribution in [0.4, 0.5) is 0 Å². The van der Waals surface area contributed by atoms with Crippen molar-refractivity contribution in [2.45, 2.75) is 0 Å². The van der Waals surface area contributed by atoms with E-state index in [-0.39, 0.29) is 5.82 Å². The molecule has 0 radical (unpaired) electrons. The van der Waals surface area contributed by atoms with E-state index in [9.17, 15) is 9.90 Å². The van der Waals surface area contributed by atoms with Crippen LogP contribution in [0.15, 0.2) is 42.7 Å². The van der Waals surface area contributed by atoms with Crippen LogP contribution in [-0.4, -0.2) is 32.6 Å². The van der Waals surface area contributed by atoms with Gasteiger partial charge in [-0.1, -0.05) is 0 Å². The van der Waals surface area contributed by atoms with Gasteiger partial charge in [0, 0.05) is 18.0 Å². The van der Waals surface area contributed by atoms with Crippen LogP contribution in [0.5, 0.6) is 5.75 Å². The Balaban J connectivity index is 2.22. The van der Waals surface area contributed by atoms with Crippen LogP contribution in [-0.2, 0) is 0 Å². The Morgan fingerprint density at radius 1 is 1.30 bits per heavy atom. The monoisotopic (exact) mass is 269 g/mol. The molecule has 0 atom stereocenters. The van der Waals surface area contributed by atoms with Gasteiger partial charge < -0.3 is 9.84 Å². The first-order valence-corrected chi connectivity index (χ1v) is 5.91. The summed E-state index contributed by atoms with van der Waals surface area (Å²) in [6.45, 7) is 0. The Labute approximate surface area is 114 Å². The number of carbonyl (C=O) groups is 1. The van der Waals surface area contributed by atoms with Gasteiger partial charge in [0.15, 0.2) is 5.65 Å². The van der Waals surface area contributed by atoms with Crippen molar-refractivity contribution in [2.75, 3.05) is 7.11 Å². The van der Waals surface area contributed by atoms with Crippen LogP contribution in [0, 0.1) is 0 Å². The van der Waals surface area contributed by atoms with Crippen LogP contribution < -0.4 is 4.74 Å². The molecule has 1 aromatic carbocycles. The minimum absolute atomic E-state index is 0.0566. The summed E-state index contributed by atoms with van der Waals surface area (Å²) in [6, 6.07) is 8.90. The molecule has 3 rings (SSSR count). The number of carboxylic acids is 1. The van der Waals surface area contributed by atoms with Gasteiger partial charge in [-0.15, -0.1) is 0 Å². The number of methoxy groups -OCH3 is 1. The summed E-state index contributed by atoms with van der Waals surface area (Å²) in [4.78, 5) is 19.6. The highest BCUT2D eigenvalue weighted by Crippen LogP contribution is 2.25. The Morgan fingerprint density at radius 3 is 2.70 bits per heavy atom. The van der Waals surface area contributed by atoms with E-state index in [2.05, 4.69) is 9.97 Å². The number of hydrogen-bond acceptors (Lipinski definition) is 4. The van der Waals surface area contributed by atoms with Gasteiger partial charge in [-0.2, -0.15) is 0 Å². The molecule has 100 valence electrons. The Hall–Kier alpha value is -2.89. The fourth-order valence-corrected chi connectivity index (χ4v) is 2.02. The second kappa shape index (κ2) is 4.65. The van der Waals surface area contributed by atoms with E-state index in [0.717, 1.165) is 11.3 Å². The number of ether oxygens (including phenoxy) is 1. The van der Waals surface area contributed by atoms with Gasteiger partial charge in [0.05, 0.1) is 7.11 Å².